The number of hydrogen-bond donors (Lipinski definition) is 2. The van der Waals surface area contributed by atoms with Crippen LogP contribution in [0.2, 0.25) is 0 Å². The maximum absolute atomic E-state index is 14.2. The van der Waals surface area contributed by atoms with Crippen molar-refractivity contribution in [1.82, 2.24) is 15.0 Å². The van der Waals surface area contributed by atoms with Crippen LogP contribution >= 0.6 is 0 Å². The second kappa shape index (κ2) is 9.67. The third-order valence-electron chi connectivity index (χ3n) is 5.66. The molecular formula is C23H24FN5O3. The first-order valence-electron chi connectivity index (χ1n) is 10.7. The van der Waals surface area contributed by atoms with Crippen molar-refractivity contribution in [2.45, 2.75) is 45.1 Å². The van der Waals surface area contributed by atoms with Gasteiger partial charge in [0, 0.05) is 18.0 Å². The first-order valence-corrected chi connectivity index (χ1v) is 10.7. The number of rotatable bonds is 6. The number of fused-ring (bicyclic) bond motifs is 1. The van der Waals surface area contributed by atoms with E-state index in [1.54, 1.807) is 24.3 Å². The number of amides is 2. The molecule has 1 aliphatic rings. The molecule has 1 fully saturated rings. The van der Waals surface area contributed by atoms with Gasteiger partial charge in [0.1, 0.15) is 11.3 Å². The lowest BCUT2D eigenvalue weighted by molar-refractivity contribution is -0.120. The summed E-state index contributed by atoms with van der Waals surface area (Å²) in [5.41, 5.74) is 0.562. The minimum atomic E-state index is -0.565. The molecule has 0 unspecified atom stereocenters. The van der Waals surface area contributed by atoms with Crippen LogP contribution in [0.5, 0.6) is 0 Å². The van der Waals surface area contributed by atoms with Gasteiger partial charge in [0.2, 0.25) is 11.8 Å². The Bertz CT molecular complexity index is 1200. The van der Waals surface area contributed by atoms with Gasteiger partial charge in [-0.2, -0.15) is 0 Å². The Hall–Kier alpha value is -3.62. The molecule has 0 spiro atoms. The van der Waals surface area contributed by atoms with E-state index in [9.17, 15) is 18.8 Å². The van der Waals surface area contributed by atoms with E-state index < -0.39 is 5.82 Å². The smallest absolute Gasteiger partial charge is 0.277 e. The van der Waals surface area contributed by atoms with Crippen LogP contribution in [0.1, 0.15) is 38.5 Å². The molecule has 0 bridgehead atoms. The topological polar surface area (TPSA) is 106 Å². The van der Waals surface area contributed by atoms with Crippen LogP contribution in [0.3, 0.4) is 0 Å². The molecular weight excluding hydrogens is 413 g/mol. The zero-order chi connectivity index (χ0) is 22.5. The van der Waals surface area contributed by atoms with Crippen LogP contribution in [0.15, 0.2) is 47.3 Å². The minimum absolute atomic E-state index is 0.0198. The minimum Gasteiger partial charge on any atom is -0.326 e. The molecule has 1 heterocycles. The lowest BCUT2D eigenvalue weighted by atomic mass is 9.88. The van der Waals surface area contributed by atoms with Gasteiger partial charge in [-0.3, -0.25) is 14.4 Å². The molecule has 2 amide bonds. The third-order valence-corrected chi connectivity index (χ3v) is 5.66. The third kappa shape index (κ3) is 4.99. The van der Waals surface area contributed by atoms with E-state index in [0.29, 0.717) is 16.6 Å². The molecule has 8 nitrogen and oxygen atoms in total. The molecule has 2 N–H and O–H groups in total. The second-order valence-electron chi connectivity index (χ2n) is 7.95. The Kier molecular flexibility index (Phi) is 6.53. The summed E-state index contributed by atoms with van der Waals surface area (Å²) in [6, 6.07) is 10.9. The number of aryl methyl sites for hydroxylation is 1. The van der Waals surface area contributed by atoms with E-state index in [2.05, 4.69) is 20.9 Å². The maximum Gasteiger partial charge on any atom is 0.277 e. The summed E-state index contributed by atoms with van der Waals surface area (Å²) in [5.74, 6) is -1.24. The Morgan fingerprint density at radius 3 is 2.66 bits per heavy atom. The number of hydrogen-bond acceptors (Lipinski definition) is 5. The van der Waals surface area contributed by atoms with Gasteiger partial charge in [-0.15, -0.1) is 5.10 Å². The first-order chi connectivity index (χ1) is 15.5. The van der Waals surface area contributed by atoms with E-state index >= 15 is 0 Å². The van der Waals surface area contributed by atoms with Crippen molar-refractivity contribution in [1.29, 1.82) is 0 Å². The highest BCUT2D eigenvalue weighted by Crippen LogP contribution is 2.26. The number of carbonyl (C=O) groups is 2. The van der Waals surface area contributed by atoms with Crippen LogP contribution < -0.4 is 16.2 Å². The van der Waals surface area contributed by atoms with Crippen molar-refractivity contribution < 1.29 is 14.0 Å². The molecule has 166 valence electrons. The standard InChI is InChI=1S/C23H24FN5O3/c24-18-11-10-16(14-20(18)26-22(31)15-6-2-1-3-7-15)25-21(30)12-13-29-23(32)17-8-4-5-9-19(17)27-28-29/h4-5,8-11,14-15H,1-3,6-7,12-13H2,(H,25,30)(H,26,31). The van der Waals surface area contributed by atoms with Crippen molar-refractivity contribution in [3.63, 3.8) is 0 Å². The fraction of sp³-hybridized carbons (Fsp3) is 0.348. The van der Waals surface area contributed by atoms with Gasteiger partial charge in [-0.25, -0.2) is 9.07 Å². The van der Waals surface area contributed by atoms with Crippen LogP contribution in [0, 0.1) is 11.7 Å². The monoisotopic (exact) mass is 437 g/mol. The molecule has 1 aliphatic carbocycles. The summed E-state index contributed by atoms with van der Waals surface area (Å²) in [5, 5.41) is 13.6. The average Bonchev–Trinajstić information content (AvgIpc) is 2.81. The van der Waals surface area contributed by atoms with Gasteiger partial charge in [-0.1, -0.05) is 36.6 Å². The highest BCUT2D eigenvalue weighted by molar-refractivity contribution is 5.95. The Morgan fingerprint density at radius 2 is 1.84 bits per heavy atom. The molecule has 3 aromatic rings. The van der Waals surface area contributed by atoms with E-state index in [1.165, 1.54) is 18.2 Å². The summed E-state index contributed by atoms with van der Waals surface area (Å²) in [7, 11) is 0. The maximum atomic E-state index is 14.2. The van der Waals surface area contributed by atoms with E-state index in [1.807, 2.05) is 0 Å². The number of anilines is 2. The molecule has 1 aromatic heterocycles. The molecule has 1 saturated carbocycles. The molecule has 9 heteroatoms. The quantitative estimate of drug-likeness (QED) is 0.614. The highest BCUT2D eigenvalue weighted by Gasteiger charge is 2.22. The molecule has 0 atom stereocenters. The zero-order valence-electron chi connectivity index (χ0n) is 17.5. The molecule has 0 radical (unpaired) electrons. The van der Waals surface area contributed by atoms with Crippen LogP contribution in [-0.4, -0.2) is 26.8 Å². The zero-order valence-corrected chi connectivity index (χ0v) is 17.5. The second-order valence-corrected chi connectivity index (χ2v) is 7.95. The first kappa shape index (κ1) is 21.6. The molecule has 2 aromatic carbocycles. The number of aromatic nitrogens is 3. The van der Waals surface area contributed by atoms with Crippen molar-refractivity contribution in [2.75, 3.05) is 10.6 Å². The molecule has 0 saturated heterocycles. The fourth-order valence-electron chi connectivity index (χ4n) is 3.90. The lowest BCUT2D eigenvalue weighted by Gasteiger charge is -2.21. The van der Waals surface area contributed by atoms with Crippen LogP contribution in [0.25, 0.3) is 10.9 Å². The summed E-state index contributed by atoms with van der Waals surface area (Å²) in [6.45, 7) is 0.0506. The molecule has 0 aliphatic heterocycles. The predicted octanol–water partition coefficient (Wildman–Crippen LogP) is 3.48. The largest absolute Gasteiger partial charge is 0.326 e. The SMILES string of the molecule is O=C(CCn1nnc2ccccc2c1=O)Nc1ccc(F)c(NC(=O)C2CCCCC2)c1. The number of nitrogens with zero attached hydrogens (tertiary/aromatic N) is 3. The van der Waals surface area contributed by atoms with Gasteiger partial charge >= 0.3 is 0 Å². The van der Waals surface area contributed by atoms with Crippen molar-refractivity contribution in [3.05, 3.63) is 58.6 Å². The summed E-state index contributed by atoms with van der Waals surface area (Å²) >= 11 is 0. The van der Waals surface area contributed by atoms with Crippen molar-refractivity contribution >= 4 is 34.1 Å². The van der Waals surface area contributed by atoms with Crippen LogP contribution in [0.4, 0.5) is 15.8 Å². The number of benzene rings is 2. The summed E-state index contributed by atoms with van der Waals surface area (Å²) in [4.78, 5) is 37.3. The normalized spacial score (nSPS) is 14.3. The van der Waals surface area contributed by atoms with E-state index in [4.69, 9.17) is 0 Å². The van der Waals surface area contributed by atoms with Crippen LogP contribution in [-0.2, 0) is 16.1 Å². The van der Waals surface area contributed by atoms with E-state index in [0.717, 1.165) is 36.8 Å². The van der Waals surface area contributed by atoms with Crippen molar-refractivity contribution in [3.8, 4) is 0 Å². The molecule has 32 heavy (non-hydrogen) atoms. The number of carbonyl (C=O) groups excluding carboxylic acids is 2. The summed E-state index contributed by atoms with van der Waals surface area (Å²) < 4.78 is 15.3. The van der Waals surface area contributed by atoms with Gasteiger partial charge in [-0.05, 0) is 43.2 Å². The fourth-order valence-corrected chi connectivity index (χ4v) is 3.90. The van der Waals surface area contributed by atoms with Gasteiger partial charge in [0.15, 0.2) is 0 Å². The number of halogens is 1. The lowest BCUT2D eigenvalue weighted by Crippen LogP contribution is -2.26. The predicted molar refractivity (Wildman–Crippen MR) is 119 cm³/mol. The Balaban J connectivity index is 1.38. The van der Waals surface area contributed by atoms with Gasteiger partial charge in [0.05, 0.1) is 17.6 Å². The Labute approximate surface area is 183 Å². The highest BCUT2D eigenvalue weighted by atomic mass is 19.1. The molecule has 4 rings (SSSR count). The van der Waals surface area contributed by atoms with Gasteiger partial charge in [0.25, 0.3) is 5.56 Å². The summed E-state index contributed by atoms with van der Waals surface area (Å²) in [6.07, 6.45) is 4.72. The average molecular weight is 437 g/mol. The van der Waals surface area contributed by atoms with Crippen molar-refractivity contribution in [2.24, 2.45) is 5.92 Å². The number of nitrogens with one attached hydrogen (secondary N) is 2. The van der Waals surface area contributed by atoms with E-state index in [-0.39, 0.29) is 41.9 Å². The Morgan fingerprint density at radius 1 is 1.06 bits per heavy atom. The van der Waals surface area contributed by atoms with Gasteiger partial charge < -0.3 is 10.6 Å².